The minimum Gasteiger partial charge on any atom is -0.390 e. The van der Waals surface area contributed by atoms with Crippen LogP contribution in [0.4, 0.5) is 18.7 Å². The summed E-state index contributed by atoms with van der Waals surface area (Å²) < 4.78 is 45.4. The van der Waals surface area contributed by atoms with E-state index in [2.05, 4.69) is 0 Å². The molecular weight excluding hydrogens is 336 g/mol. The third kappa shape index (κ3) is 2.77. The molecule has 1 aliphatic carbocycles. The van der Waals surface area contributed by atoms with Crippen molar-refractivity contribution in [1.82, 2.24) is 0 Å². The van der Waals surface area contributed by atoms with Crippen molar-refractivity contribution in [2.45, 2.75) is 6.54 Å². The van der Waals surface area contributed by atoms with E-state index < -0.39 is 12.8 Å². The standard InChI is InChI=1S/C20H16BF3N2/c22-17-11-13-18(14-12-17)26-20-10-6-2-5-9-19(20)25(21(26,23)24)15-16-7-3-1-4-8-16/h1-14H,15H2. The van der Waals surface area contributed by atoms with Gasteiger partial charge in [-0.2, -0.15) is 0 Å². The molecule has 2 aliphatic rings. The first-order valence-electron chi connectivity index (χ1n) is 8.38. The van der Waals surface area contributed by atoms with Gasteiger partial charge in [0, 0.05) is 17.3 Å². The monoisotopic (exact) mass is 352 g/mol. The van der Waals surface area contributed by atoms with Crippen LogP contribution in [0.3, 0.4) is 0 Å². The lowest BCUT2D eigenvalue weighted by Gasteiger charge is -2.30. The van der Waals surface area contributed by atoms with Crippen LogP contribution in [-0.4, -0.2) is 17.2 Å². The number of halogens is 3. The highest BCUT2D eigenvalue weighted by atomic mass is 19.2. The van der Waals surface area contributed by atoms with Crippen molar-refractivity contribution in [2.75, 3.05) is 4.81 Å². The van der Waals surface area contributed by atoms with Crippen molar-refractivity contribution in [3.63, 3.8) is 0 Å². The summed E-state index contributed by atoms with van der Waals surface area (Å²) in [5.74, 6) is -0.455. The third-order valence-corrected chi connectivity index (χ3v) is 4.55. The number of fused-ring (bicyclic) bond motifs is 1. The maximum absolute atomic E-state index is 15.5. The number of anilines is 1. The number of benzene rings is 2. The van der Waals surface area contributed by atoms with Crippen molar-refractivity contribution < 1.29 is 17.5 Å². The molecule has 1 aliphatic heterocycles. The van der Waals surface area contributed by atoms with E-state index in [-0.39, 0.29) is 12.2 Å². The van der Waals surface area contributed by atoms with E-state index in [0.29, 0.717) is 11.4 Å². The van der Waals surface area contributed by atoms with Gasteiger partial charge in [0.25, 0.3) is 0 Å². The van der Waals surface area contributed by atoms with Gasteiger partial charge in [-0.1, -0.05) is 48.6 Å². The lowest BCUT2D eigenvalue weighted by atomic mass is 9.92. The van der Waals surface area contributed by atoms with Crippen molar-refractivity contribution >= 4 is 18.4 Å². The van der Waals surface area contributed by atoms with Gasteiger partial charge in [-0.3, -0.25) is 0 Å². The summed E-state index contributed by atoms with van der Waals surface area (Å²) >= 11 is 0. The van der Waals surface area contributed by atoms with Gasteiger partial charge in [-0.25, -0.2) is 4.39 Å². The largest absolute Gasteiger partial charge is 0.732 e. The second-order valence-electron chi connectivity index (χ2n) is 6.23. The van der Waals surface area contributed by atoms with E-state index in [9.17, 15) is 4.39 Å². The summed E-state index contributed by atoms with van der Waals surface area (Å²) in [7, 11) is 0. The summed E-state index contributed by atoms with van der Waals surface area (Å²) in [6.07, 6.45) is 8.63. The summed E-state index contributed by atoms with van der Waals surface area (Å²) in [5.41, 5.74) is 1.92. The third-order valence-electron chi connectivity index (χ3n) is 4.55. The molecule has 2 nitrogen and oxygen atoms in total. The van der Waals surface area contributed by atoms with Gasteiger partial charge < -0.3 is 17.9 Å². The van der Waals surface area contributed by atoms with Gasteiger partial charge >= 0.3 is 6.97 Å². The molecule has 0 fully saturated rings. The fourth-order valence-electron chi connectivity index (χ4n) is 3.34. The summed E-state index contributed by atoms with van der Waals surface area (Å²) in [6.45, 7) is -3.99. The molecule has 0 unspecified atom stereocenters. The molecule has 0 atom stereocenters. The van der Waals surface area contributed by atoms with E-state index in [0.717, 1.165) is 14.9 Å². The second-order valence-corrected chi connectivity index (χ2v) is 6.23. The fourth-order valence-corrected chi connectivity index (χ4v) is 3.34. The van der Waals surface area contributed by atoms with Crippen molar-refractivity contribution in [3.8, 4) is 0 Å². The Morgan fingerprint density at radius 2 is 1.62 bits per heavy atom. The highest BCUT2D eigenvalue weighted by Gasteiger charge is 2.57. The molecule has 26 heavy (non-hydrogen) atoms. The quantitative estimate of drug-likeness (QED) is 0.727. The molecule has 130 valence electrons. The summed E-state index contributed by atoms with van der Waals surface area (Å²) in [5, 5.41) is 0. The zero-order valence-corrected chi connectivity index (χ0v) is 13.9. The second kappa shape index (κ2) is 6.37. The molecule has 4 rings (SSSR count). The van der Waals surface area contributed by atoms with E-state index >= 15 is 8.63 Å². The van der Waals surface area contributed by atoms with Gasteiger partial charge in [-0.15, -0.1) is 0 Å². The van der Waals surface area contributed by atoms with Crippen LogP contribution in [0.5, 0.6) is 0 Å². The Labute approximate surface area is 149 Å². The highest BCUT2D eigenvalue weighted by molar-refractivity contribution is 6.67. The predicted molar refractivity (Wildman–Crippen MR) is 98.6 cm³/mol. The maximum atomic E-state index is 15.5. The van der Waals surface area contributed by atoms with E-state index in [1.54, 1.807) is 30.4 Å². The van der Waals surface area contributed by atoms with Crippen LogP contribution in [0.1, 0.15) is 5.56 Å². The molecule has 0 bridgehead atoms. The number of allylic oxidation sites excluding steroid dienone is 5. The van der Waals surface area contributed by atoms with Gasteiger partial charge in [0.15, 0.2) is 5.71 Å². The molecule has 2 aromatic rings. The van der Waals surface area contributed by atoms with Gasteiger partial charge in [0.1, 0.15) is 12.4 Å². The molecule has 0 amide bonds. The van der Waals surface area contributed by atoms with E-state index in [4.69, 9.17) is 0 Å². The van der Waals surface area contributed by atoms with Gasteiger partial charge in [0.05, 0.1) is 5.70 Å². The topological polar surface area (TPSA) is 6.25 Å². The van der Waals surface area contributed by atoms with Gasteiger partial charge in [0.2, 0.25) is 0 Å². The first-order valence-corrected chi connectivity index (χ1v) is 8.38. The zero-order valence-electron chi connectivity index (χ0n) is 13.9. The molecule has 0 saturated carbocycles. The molecular formula is C20H16BF3N2. The van der Waals surface area contributed by atoms with E-state index in [1.165, 1.54) is 24.3 Å². The van der Waals surface area contributed by atoms with Crippen molar-refractivity contribution in [2.24, 2.45) is 0 Å². The van der Waals surface area contributed by atoms with Crippen LogP contribution in [-0.2, 0) is 6.54 Å². The fraction of sp³-hybridized carbons (Fsp3) is 0.0500. The molecule has 6 heteroatoms. The van der Waals surface area contributed by atoms with E-state index in [1.807, 2.05) is 30.3 Å². The normalized spacial score (nSPS) is 18.0. The van der Waals surface area contributed by atoms with Crippen LogP contribution in [0.2, 0.25) is 0 Å². The summed E-state index contributed by atoms with van der Waals surface area (Å²) in [6, 6.07) is 14.3. The lowest BCUT2D eigenvalue weighted by molar-refractivity contribution is -0.434. The minimum absolute atomic E-state index is 0.0859. The minimum atomic E-state index is -4.07. The Kier molecular flexibility index (Phi) is 4.03. The molecule has 0 spiro atoms. The molecule has 1 heterocycles. The predicted octanol–water partition coefficient (Wildman–Crippen LogP) is 4.68. The maximum Gasteiger partial charge on any atom is 0.732 e. The van der Waals surface area contributed by atoms with Crippen molar-refractivity contribution in [3.05, 3.63) is 102 Å². The molecule has 0 N–H and O–H groups in total. The molecule has 0 saturated heterocycles. The summed E-state index contributed by atoms with van der Waals surface area (Å²) in [4.78, 5) is 1.01. The number of hydrogen-bond acceptors (Lipinski definition) is 1. The first kappa shape index (κ1) is 16.5. The Morgan fingerprint density at radius 1 is 0.885 bits per heavy atom. The Balaban J connectivity index is 1.84. The number of hydrogen-bond donors (Lipinski definition) is 0. The Hall–Kier alpha value is -3.02. The van der Waals surface area contributed by atoms with Crippen LogP contribution >= 0.6 is 0 Å². The highest BCUT2D eigenvalue weighted by Crippen LogP contribution is 2.36. The Bertz CT molecular complexity index is 945. The van der Waals surface area contributed by atoms with Crippen LogP contribution in [0, 0.1) is 5.82 Å². The Morgan fingerprint density at radius 3 is 2.35 bits per heavy atom. The molecule has 0 radical (unpaired) electrons. The average molecular weight is 352 g/mol. The van der Waals surface area contributed by atoms with Crippen molar-refractivity contribution in [1.29, 1.82) is 0 Å². The smallest absolute Gasteiger partial charge is 0.390 e. The van der Waals surface area contributed by atoms with Crippen LogP contribution in [0.15, 0.2) is 90.7 Å². The van der Waals surface area contributed by atoms with Gasteiger partial charge in [-0.05, 0) is 30.3 Å². The number of rotatable bonds is 3. The first-order chi connectivity index (χ1) is 12.6. The SMILES string of the molecule is Fc1ccc(N2C3=CC=CC=CC3=[N+](Cc3ccccc3)[B-]2(F)F)cc1. The molecule has 0 aromatic heterocycles. The zero-order chi connectivity index (χ0) is 18.1. The average Bonchev–Trinajstić information content (AvgIpc) is 2.79. The van der Waals surface area contributed by atoms with Crippen LogP contribution in [0.25, 0.3) is 0 Å². The molecule has 2 aromatic carbocycles. The van der Waals surface area contributed by atoms with Crippen LogP contribution < -0.4 is 4.81 Å². The number of nitrogens with zero attached hydrogens (tertiary/aromatic N) is 2. The lowest BCUT2D eigenvalue weighted by Crippen LogP contribution is -2.50.